The van der Waals surface area contributed by atoms with E-state index in [9.17, 15) is 18.7 Å². The molecule has 4 atom stereocenters. The van der Waals surface area contributed by atoms with Crippen LogP contribution in [0.3, 0.4) is 0 Å². The summed E-state index contributed by atoms with van der Waals surface area (Å²) in [5.74, 6) is -1.41. The number of ether oxygens (including phenoxy) is 3. The van der Waals surface area contributed by atoms with E-state index in [0.717, 1.165) is 10.8 Å². The lowest BCUT2D eigenvalue weighted by molar-refractivity contribution is -0.146. The van der Waals surface area contributed by atoms with Gasteiger partial charge < -0.3 is 33.6 Å². The summed E-state index contributed by atoms with van der Waals surface area (Å²) in [6, 6.07) is 23.1. The lowest BCUT2D eigenvalue weighted by atomic mass is 10.1. The first-order valence-corrected chi connectivity index (χ1v) is 23.7. The number of aryl methyl sites for hydroxylation is 1. The molecule has 6 rings (SSSR count). The fraction of sp³-hybridized carbons (Fsp3) is 0.372. The highest BCUT2D eigenvalue weighted by atomic mass is 31.2. The van der Waals surface area contributed by atoms with Gasteiger partial charge in [0.25, 0.3) is 0 Å². The van der Waals surface area contributed by atoms with Crippen LogP contribution in [0.5, 0.6) is 17.4 Å². The van der Waals surface area contributed by atoms with Gasteiger partial charge in [0.2, 0.25) is 11.8 Å². The molecule has 0 saturated heterocycles. The molecule has 0 saturated carbocycles. The zero-order valence-corrected chi connectivity index (χ0v) is 37.6. The zero-order valence-electron chi connectivity index (χ0n) is 35.8. The van der Waals surface area contributed by atoms with Crippen LogP contribution in [0.4, 0.5) is 5.95 Å². The molecular weight excluding hydrogens is 852 g/mol. The van der Waals surface area contributed by atoms with Gasteiger partial charge in [0.1, 0.15) is 23.6 Å². The molecule has 0 spiro atoms. The minimum Gasteiger partial charge on any atom is -0.479 e. The average molecular weight is 906 g/mol. The highest BCUT2D eigenvalue weighted by Crippen LogP contribution is 2.49. The number of benzene rings is 4. The van der Waals surface area contributed by atoms with E-state index in [-0.39, 0.29) is 62.7 Å². The largest absolute Gasteiger partial charge is 0.479 e. The van der Waals surface area contributed by atoms with Gasteiger partial charge in [-0.1, -0.05) is 86.6 Å². The summed E-state index contributed by atoms with van der Waals surface area (Å²) in [7, 11) is -7.42. The van der Waals surface area contributed by atoms with Gasteiger partial charge in [-0.15, -0.1) is 0 Å². The van der Waals surface area contributed by atoms with Crippen molar-refractivity contribution in [3.8, 4) is 17.4 Å². The molecular formula is C43H53N7O11P2. The zero-order chi connectivity index (χ0) is 45.0. The van der Waals surface area contributed by atoms with Crippen molar-refractivity contribution < 1.29 is 51.0 Å². The summed E-state index contributed by atoms with van der Waals surface area (Å²) in [6.45, 7) is 6.58. The summed E-state index contributed by atoms with van der Waals surface area (Å²) in [6.07, 6.45) is 2.92. The first kappa shape index (κ1) is 46.9. The predicted molar refractivity (Wildman–Crippen MR) is 238 cm³/mol. The van der Waals surface area contributed by atoms with Crippen molar-refractivity contribution in [2.75, 3.05) is 39.3 Å². The third-order valence-corrected chi connectivity index (χ3v) is 12.9. The number of carbonyl (C=O) groups is 2. The Balaban J connectivity index is 1.33. The van der Waals surface area contributed by atoms with Crippen LogP contribution in [0.15, 0.2) is 91.3 Å². The lowest BCUT2D eigenvalue weighted by Crippen LogP contribution is -2.36. The number of nitrogens with one attached hydrogen (secondary N) is 2. The van der Waals surface area contributed by atoms with Crippen LogP contribution in [0, 0.1) is 5.92 Å². The smallest absolute Gasteiger partial charge is 0.459 e. The standard InChI is InChI=1S/C43H53N7O11P2/c1-6-24-56-41(51)29(3)48-62(53,60-36-20-12-16-32-14-8-10-18-34(32)36)58-26-31(22-23-50-28-45-38-39(50)46-43(44)47-40(38)55-5)27-59-63(54,49-30(4)42(52)57-25-7-2)61-37-21-13-17-33-15-9-11-19-35(33)37/h8-21,28-31H,6-7,22-27H2,1-5H3,(H,48,53)(H,49,54)(H2,44,46,47)/t29-,30-,31?,62?,63?/m0/s1. The molecule has 2 heterocycles. The second kappa shape index (κ2) is 21.7. The molecule has 0 aliphatic heterocycles. The summed E-state index contributed by atoms with van der Waals surface area (Å²) >= 11 is 0. The number of methoxy groups -OCH3 is 1. The number of nitrogens with zero attached hydrogens (tertiary/aromatic N) is 4. The molecule has 336 valence electrons. The number of nitrogen functional groups attached to an aromatic ring is 1. The molecule has 63 heavy (non-hydrogen) atoms. The number of aromatic nitrogens is 4. The molecule has 2 unspecified atom stereocenters. The molecule has 0 amide bonds. The van der Waals surface area contributed by atoms with Crippen LogP contribution in [-0.4, -0.2) is 77.1 Å². The molecule has 2 aromatic heterocycles. The summed E-state index contributed by atoms with van der Waals surface area (Å²) in [5.41, 5.74) is 6.75. The number of carbonyl (C=O) groups excluding carboxylic acids is 2. The van der Waals surface area contributed by atoms with E-state index in [0.29, 0.717) is 34.8 Å². The Morgan fingerprint density at radius 3 is 1.71 bits per heavy atom. The average Bonchev–Trinajstić information content (AvgIpc) is 3.69. The van der Waals surface area contributed by atoms with Crippen LogP contribution in [0.25, 0.3) is 32.7 Å². The molecule has 0 aliphatic rings. The third-order valence-electron chi connectivity index (χ3n) is 9.63. The summed E-state index contributed by atoms with van der Waals surface area (Å²) < 4.78 is 72.3. The first-order chi connectivity index (χ1) is 30.3. The predicted octanol–water partition coefficient (Wildman–Crippen LogP) is 8.00. The summed E-state index contributed by atoms with van der Waals surface area (Å²) in [4.78, 5) is 38.8. The molecule has 0 bridgehead atoms. The monoisotopic (exact) mass is 905 g/mol. The molecule has 0 fully saturated rings. The van der Waals surface area contributed by atoms with E-state index >= 15 is 0 Å². The normalized spacial score (nSPS) is 14.9. The van der Waals surface area contributed by atoms with Crippen molar-refractivity contribution in [3.05, 3.63) is 91.3 Å². The molecule has 0 aliphatic carbocycles. The van der Waals surface area contributed by atoms with Gasteiger partial charge >= 0.3 is 27.4 Å². The van der Waals surface area contributed by atoms with E-state index in [1.165, 1.54) is 21.0 Å². The Morgan fingerprint density at radius 2 is 1.22 bits per heavy atom. The number of hydrogen-bond acceptors (Lipinski definition) is 15. The maximum atomic E-state index is 14.9. The number of nitrogens with two attached hydrogens (primary N) is 1. The quantitative estimate of drug-likeness (QED) is 0.0386. The maximum absolute atomic E-state index is 14.9. The topological polar surface area (TPSA) is 227 Å². The van der Waals surface area contributed by atoms with Crippen LogP contribution in [-0.2, 0) is 43.8 Å². The molecule has 4 aromatic carbocycles. The van der Waals surface area contributed by atoms with Crippen molar-refractivity contribution in [3.63, 3.8) is 0 Å². The van der Waals surface area contributed by atoms with Gasteiger partial charge in [-0.2, -0.15) is 20.1 Å². The van der Waals surface area contributed by atoms with Gasteiger partial charge in [0, 0.05) is 23.2 Å². The highest BCUT2D eigenvalue weighted by molar-refractivity contribution is 7.52. The van der Waals surface area contributed by atoms with E-state index in [1.807, 2.05) is 74.5 Å². The van der Waals surface area contributed by atoms with Gasteiger partial charge in [0.05, 0.1) is 39.9 Å². The van der Waals surface area contributed by atoms with Crippen molar-refractivity contribution in [2.45, 2.75) is 65.6 Å². The number of hydrogen-bond donors (Lipinski definition) is 3. The number of rotatable bonds is 24. The second-order valence-corrected chi connectivity index (χ2v) is 18.0. The SMILES string of the molecule is CCCOC(=O)[C@H](C)NP(=O)(OCC(CCn1cnc2c(OC)nc(N)nc21)COP(=O)(N[C@@H](C)C(=O)OCCC)Oc1cccc2ccccc12)Oc1cccc2ccccc12. The van der Waals surface area contributed by atoms with Gasteiger partial charge in [-0.25, -0.2) is 14.1 Å². The van der Waals surface area contributed by atoms with Gasteiger partial charge in [-0.05, 0) is 56.0 Å². The van der Waals surface area contributed by atoms with Crippen molar-refractivity contribution in [1.29, 1.82) is 0 Å². The Bertz CT molecular complexity index is 2470. The minimum absolute atomic E-state index is 0.0299. The van der Waals surface area contributed by atoms with Crippen molar-refractivity contribution in [2.24, 2.45) is 5.92 Å². The molecule has 18 nitrogen and oxygen atoms in total. The highest BCUT2D eigenvalue weighted by Gasteiger charge is 2.37. The van der Waals surface area contributed by atoms with Crippen molar-refractivity contribution >= 4 is 66.1 Å². The Morgan fingerprint density at radius 1 is 0.730 bits per heavy atom. The molecule has 0 radical (unpaired) electrons. The fourth-order valence-corrected chi connectivity index (χ4v) is 9.58. The first-order valence-electron chi connectivity index (χ1n) is 20.6. The Hall–Kier alpha value is -5.61. The lowest BCUT2D eigenvalue weighted by Gasteiger charge is -2.27. The van der Waals surface area contributed by atoms with Gasteiger partial charge in [-0.3, -0.25) is 18.6 Å². The van der Waals surface area contributed by atoms with Gasteiger partial charge in [0.15, 0.2) is 11.2 Å². The number of fused-ring (bicyclic) bond motifs is 3. The van der Waals surface area contributed by atoms with Crippen LogP contribution in [0.1, 0.15) is 47.0 Å². The molecule has 4 N–H and O–H groups in total. The van der Waals surface area contributed by atoms with Crippen molar-refractivity contribution in [1.82, 2.24) is 29.7 Å². The fourth-order valence-electron chi connectivity index (χ4n) is 6.41. The Labute approximate surface area is 365 Å². The third kappa shape index (κ3) is 12.3. The summed E-state index contributed by atoms with van der Waals surface area (Å²) in [5, 5.41) is 8.45. The maximum Gasteiger partial charge on any atom is 0.459 e. The number of anilines is 1. The van der Waals surface area contributed by atoms with E-state index in [2.05, 4.69) is 25.1 Å². The molecule has 6 aromatic rings. The number of esters is 2. The van der Waals surface area contributed by atoms with E-state index in [4.69, 9.17) is 38.0 Å². The van der Waals surface area contributed by atoms with Crippen LogP contribution < -0.4 is 29.7 Å². The van der Waals surface area contributed by atoms with E-state index < -0.39 is 45.4 Å². The number of imidazole rings is 1. The second-order valence-electron chi connectivity index (χ2n) is 14.6. The van der Waals surface area contributed by atoms with E-state index in [1.54, 1.807) is 35.2 Å². The Kier molecular flexibility index (Phi) is 16.1. The minimum atomic E-state index is -4.43. The van der Waals surface area contributed by atoms with Crippen LogP contribution >= 0.6 is 15.5 Å². The molecule has 20 heteroatoms. The van der Waals surface area contributed by atoms with Crippen LogP contribution in [0.2, 0.25) is 0 Å².